The molecule has 1 saturated heterocycles. The molecule has 2 heterocycles. The normalized spacial score (nSPS) is 16.6. The third-order valence-electron chi connectivity index (χ3n) is 5.12. The molecule has 3 rings (SSSR count). The summed E-state index contributed by atoms with van der Waals surface area (Å²) in [7, 11) is 0. The molecular weight excluding hydrogens is 367 g/mol. The molecule has 0 bridgehead atoms. The molecule has 1 aromatic carbocycles. The first kappa shape index (κ1) is 21.4. The molecular formula is C20H28ClFN4O. The number of halogens is 2. The summed E-state index contributed by atoms with van der Waals surface area (Å²) in [4.78, 5) is 12.3. The van der Waals surface area contributed by atoms with E-state index in [-0.39, 0.29) is 24.1 Å². The summed E-state index contributed by atoms with van der Waals surface area (Å²) in [6.45, 7) is 6.73. The highest BCUT2D eigenvalue weighted by atomic mass is 35.5. The van der Waals surface area contributed by atoms with E-state index < -0.39 is 0 Å². The van der Waals surface area contributed by atoms with Crippen LogP contribution in [-0.2, 0) is 11.2 Å². The van der Waals surface area contributed by atoms with E-state index in [2.05, 4.69) is 15.7 Å². The van der Waals surface area contributed by atoms with Gasteiger partial charge in [-0.2, -0.15) is 5.10 Å². The molecule has 1 aliphatic rings. The Labute approximate surface area is 166 Å². The van der Waals surface area contributed by atoms with Crippen LogP contribution in [0.1, 0.15) is 36.2 Å². The Kier molecular flexibility index (Phi) is 7.80. The van der Waals surface area contributed by atoms with Crippen molar-refractivity contribution in [2.75, 3.05) is 19.6 Å². The highest BCUT2D eigenvalue weighted by Crippen LogP contribution is 2.19. The molecule has 5 nitrogen and oxygen atoms in total. The standard InChI is InChI=1S/C20H27FN4O.ClH/c1-14-19(12-20(26)23-11-9-16-4-3-10-22-13-16)15(2)25(24-14)18-7-5-17(21)6-8-18;/h5-8,16,22H,3-4,9-13H2,1-2H3,(H,23,26);1H. The number of aryl methyl sites for hydroxylation is 1. The molecule has 1 aliphatic heterocycles. The summed E-state index contributed by atoms with van der Waals surface area (Å²) >= 11 is 0. The SMILES string of the molecule is Cc1nn(-c2ccc(F)cc2)c(C)c1CC(=O)NCCC1CCCNC1.Cl. The summed E-state index contributed by atoms with van der Waals surface area (Å²) in [6, 6.07) is 6.21. The van der Waals surface area contributed by atoms with E-state index in [9.17, 15) is 9.18 Å². The molecule has 7 heteroatoms. The van der Waals surface area contributed by atoms with E-state index in [4.69, 9.17) is 0 Å². The lowest BCUT2D eigenvalue weighted by atomic mass is 9.96. The number of nitrogens with zero attached hydrogens (tertiary/aromatic N) is 2. The van der Waals surface area contributed by atoms with Crippen LogP contribution in [0.3, 0.4) is 0 Å². The van der Waals surface area contributed by atoms with Gasteiger partial charge in [-0.25, -0.2) is 9.07 Å². The van der Waals surface area contributed by atoms with Crippen LogP contribution in [-0.4, -0.2) is 35.3 Å². The Morgan fingerprint density at radius 2 is 2.07 bits per heavy atom. The molecule has 1 amide bonds. The van der Waals surface area contributed by atoms with Crippen LogP contribution in [0.2, 0.25) is 0 Å². The van der Waals surface area contributed by atoms with E-state index in [1.165, 1.54) is 25.0 Å². The maximum Gasteiger partial charge on any atom is 0.224 e. The van der Waals surface area contributed by atoms with Gasteiger partial charge in [0, 0.05) is 17.8 Å². The van der Waals surface area contributed by atoms with Crippen LogP contribution in [0.25, 0.3) is 5.69 Å². The summed E-state index contributed by atoms with van der Waals surface area (Å²) < 4.78 is 14.9. The van der Waals surface area contributed by atoms with Gasteiger partial charge in [0.05, 0.1) is 17.8 Å². The number of piperidine rings is 1. The lowest BCUT2D eigenvalue weighted by Crippen LogP contribution is -2.33. The van der Waals surface area contributed by atoms with Crippen molar-refractivity contribution in [1.82, 2.24) is 20.4 Å². The van der Waals surface area contributed by atoms with Crippen molar-refractivity contribution in [3.05, 3.63) is 47.0 Å². The predicted octanol–water partition coefficient (Wildman–Crippen LogP) is 3.10. The average Bonchev–Trinajstić information content (AvgIpc) is 2.91. The van der Waals surface area contributed by atoms with Crippen LogP contribution in [0, 0.1) is 25.6 Å². The number of carbonyl (C=O) groups excluding carboxylic acids is 1. The fraction of sp³-hybridized carbons (Fsp3) is 0.500. The third kappa shape index (κ3) is 5.53. The van der Waals surface area contributed by atoms with Gasteiger partial charge < -0.3 is 10.6 Å². The molecule has 1 atom stereocenters. The largest absolute Gasteiger partial charge is 0.356 e. The Hall–Kier alpha value is -1.92. The van der Waals surface area contributed by atoms with Crippen molar-refractivity contribution in [1.29, 1.82) is 0 Å². The van der Waals surface area contributed by atoms with Gasteiger partial charge in [-0.3, -0.25) is 4.79 Å². The van der Waals surface area contributed by atoms with Crippen LogP contribution in [0.15, 0.2) is 24.3 Å². The van der Waals surface area contributed by atoms with E-state index in [0.29, 0.717) is 12.3 Å². The van der Waals surface area contributed by atoms with Gasteiger partial charge in [0.1, 0.15) is 5.82 Å². The maximum atomic E-state index is 13.1. The smallest absolute Gasteiger partial charge is 0.224 e. The Morgan fingerprint density at radius 3 is 2.74 bits per heavy atom. The fourth-order valence-corrected chi connectivity index (χ4v) is 3.57. The number of hydrogen-bond acceptors (Lipinski definition) is 3. The minimum atomic E-state index is -0.275. The second-order valence-electron chi connectivity index (χ2n) is 7.07. The number of nitrogens with one attached hydrogen (secondary N) is 2. The molecule has 2 N–H and O–H groups in total. The lowest BCUT2D eigenvalue weighted by molar-refractivity contribution is -0.120. The first-order valence-corrected chi connectivity index (χ1v) is 9.33. The monoisotopic (exact) mass is 394 g/mol. The van der Waals surface area contributed by atoms with Gasteiger partial charge in [0.2, 0.25) is 5.91 Å². The number of aromatic nitrogens is 2. The number of benzene rings is 1. The van der Waals surface area contributed by atoms with Crippen LogP contribution >= 0.6 is 12.4 Å². The van der Waals surface area contributed by atoms with Crippen LogP contribution in [0.4, 0.5) is 4.39 Å². The maximum absolute atomic E-state index is 13.1. The van der Waals surface area contributed by atoms with Crippen molar-refractivity contribution in [2.24, 2.45) is 5.92 Å². The zero-order chi connectivity index (χ0) is 18.5. The molecule has 2 aromatic rings. The summed E-state index contributed by atoms with van der Waals surface area (Å²) in [5.41, 5.74) is 3.48. The molecule has 0 saturated carbocycles. The zero-order valence-electron chi connectivity index (χ0n) is 15.9. The predicted molar refractivity (Wildman–Crippen MR) is 107 cm³/mol. The lowest BCUT2D eigenvalue weighted by Gasteiger charge is -2.22. The molecule has 1 fully saturated rings. The topological polar surface area (TPSA) is 59.0 Å². The van der Waals surface area contributed by atoms with Crippen molar-refractivity contribution in [3.63, 3.8) is 0 Å². The molecule has 0 radical (unpaired) electrons. The summed E-state index contributed by atoms with van der Waals surface area (Å²) in [5, 5.41) is 11.0. The minimum absolute atomic E-state index is 0. The molecule has 0 aliphatic carbocycles. The number of amides is 1. The average molecular weight is 395 g/mol. The van der Waals surface area contributed by atoms with Gasteiger partial charge in [-0.1, -0.05) is 0 Å². The van der Waals surface area contributed by atoms with Crippen molar-refractivity contribution >= 4 is 18.3 Å². The third-order valence-corrected chi connectivity index (χ3v) is 5.12. The number of hydrogen-bond donors (Lipinski definition) is 2. The van der Waals surface area contributed by atoms with Crippen LogP contribution in [0.5, 0.6) is 0 Å². The summed E-state index contributed by atoms with van der Waals surface area (Å²) in [5.74, 6) is 0.412. The number of carbonyl (C=O) groups is 1. The molecule has 1 aromatic heterocycles. The van der Waals surface area contributed by atoms with E-state index >= 15 is 0 Å². The number of rotatable bonds is 6. The van der Waals surface area contributed by atoms with Gasteiger partial charge in [0.15, 0.2) is 0 Å². The first-order valence-electron chi connectivity index (χ1n) is 9.33. The summed E-state index contributed by atoms with van der Waals surface area (Å²) in [6.07, 6.45) is 3.80. The fourth-order valence-electron chi connectivity index (χ4n) is 3.57. The van der Waals surface area contributed by atoms with Crippen molar-refractivity contribution in [2.45, 2.75) is 39.5 Å². The second kappa shape index (κ2) is 9.85. The highest BCUT2D eigenvalue weighted by molar-refractivity contribution is 5.85. The molecule has 1 unspecified atom stereocenters. The van der Waals surface area contributed by atoms with Gasteiger partial charge in [0.25, 0.3) is 0 Å². The molecule has 148 valence electrons. The Bertz CT molecular complexity index is 754. The van der Waals surface area contributed by atoms with E-state index in [1.807, 2.05) is 13.8 Å². The van der Waals surface area contributed by atoms with E-state index in [0.717, 1.165) is 48.7 Å². The molecule has 0 spiro atoms. The minimum Gasteiger partial charge on any atom is -0.356 e. The zero-order valence-corrected chi connectivity index (χ0v) is 16.7. The van der Waals surface area contributed by atoms with Crippen molar-refractivity contribution in [3.8, 4) is 5.69 Å². The quantitative estimate of drug-likeness (QED) is 0.791. The van der Waals surface area contributed by atoms with Crippen molar-refractivity contribution < 1.29 is 9.18 Å². The molecule has 27 heavy (non-hydrogen) atoms. The second-order valence-corrected chi connectivity index (χ2v) is 7.07. The van der Waals surface area contributed by atoms with E-state index in [1.54, 1.807) is 16.8 Å². The van der Waals surface area contributed by atoms with Gasteiger partial charge >= 0.3 is 0 Å². The van der Waals surface area contributed by atoms with Gasteiger partial charge in [-0.05, 0) is 76.4 Å². The first-order chi connectivity index (χ1) is 12.5. The Morgan fingerprint density at radius 1 is 1.33 bits per heavy atom. The highest BCUT2D eigenvalue weighted by Gasteiger charge is 2.17. The Balaban J connectivity index is 0.00000261. The van der Waals surface area contributed by atoms with Crippen LogP contribution < -0.4 is 10.6 Å². The van der Waals surface area contributed by atoms with Gasteiger partial charge in [-0.15, -0.1) is 12.4 Å².